The van der Waals surface area contributed by atoms with Gasteiger partial charge in [0.25, 0.3) is 0 Å². The maximum atomic E-state index is 3.86. The SMILES string of the molecule is CC(C)n1cc(P)nn1. The molecular formula is C5H10N3P. The summed E-state index contributed by atoms with van der Waals surface area (Å²) in [7, 11) is 2.50. The van der Waals surface area contributed by atoms with Gasteiger partial charge in [-0.05, 0) is 13.8 Å². The standard InChI is InChI=1S/C5H10N3P/c1-4(2)8-3-5(9)6-7-8/h3-4H,9H2,1-2H3. The number of hydrogen-bond donors (Lipinski definition) is 0. The monoisotopic (exact) mass is 143 g/mol. The number of aromatic nitrogens is 3. The van der Waals surface area contributed by atoms with Crippen molar-refractivity contribution in [1.82, 2.24) is 15.0 Å². The average Bonchev–Trinajstić information content (AvgIpc) is 2.14. The summed E-state index contributed by atoms with van der Waals surface area (Å²) < 4.78 is 1.82. The van der Waals surface area contributed by atoms with Crippen molar-refractivity contribution in [2.75, 3.05) is 0 Å². The molecule has 1 rings (SSSR count). The van der Waals surface area contributed by atoms with Crippen LogP contribution in [-0.4, -0.2) is 15.0 Å². The molecule has 0 bridgehead atoms. The van der Waals surface area contributed by atoms with E-state index < -0.39 is 0 Å². The third-order valence-corrected chi connectivity index (χ3v) is 1.32. The molecule has 3 nitrogen and oxygen atoms in total. The first-order chi connectivity index (χ1) is 4.20. The maximum Gasteiger partial charge on any atom is 0.0990 e. The molecule has 50 valence electrons. The fraction of sp³-hybridized carbons (Fsp3) is 0.600. The normalized spacial score (nSPS) is 10.7. The van der Waals surface area contributed by atoms with E-state index in [1.807, 2.05) is 10.9 Å². The van der Waals surface area contributed by atoms with Crippen LogP contribution in [0.4, 0.5) is 0 Å². The van der Waals surface area contributed by atoms with Gasteiger partial charge in [-0.25, -0.2) is 4.68 Å². The lowest BCUT2D eigenvalue weighted by Gasteiger charge is -2.00. The Bertz CT molecular complexity index is 194. The van der Waals surface area contributed by atoms with Crippen LogP contribution in [0.2, 0.25) is 0 Å². The summed E-state index contributed by atoms with van der Waals surface area (Å²) in [4.78, 5) is 0. The van der Waals surface area contributed by atoms with Crippen molar-refractivity contribution in [2.24, 2.45) is 0 Å². The maximum absolute atomic E-state index is 3.86. The lowest BCUT2D eigenvalue weighted by atomic mass is 10.4. The van der Waals surface area contributed by atoms with Crippen LogP contribution in [-0.2, 0) is 0 Å². The summed E-state index contributed by atoms with van der Waals surface area (Å²) in [6.07, 6.45) is 1.90. The minimum atomic E-state index is 0.409. The Morgan fingerprint density at radius 3 is 2.56 bits per heavy atom. The van der Waals surface area contributed by atoms with Gasteiger partial charge in [-0.15, -0.1) is 5.10 Å². The van der Waals surface area contributed by atoms with Crippen LogP contribution >= 0.6 is 9.24 Å². The predicted molar refractivity (Wildman–Crippen MR) is 39.8 cm³/mol. The van der Waals surface area contributed by atoms with Gasteiger partial charge in [0.05, 0.1) is 11.6 Å². The molecule has 0 radical (unpaired) electrons. The second-order valence-corrected chi connectivity index (χ2v) is 2.81. The highest BCUT2D eigenvalue weighted by Gasteiger charge is 1.97. The van der Waals surface area contributed by atoms with E-state index in [2.05, 4.69) is 33.4 Å². The van der Waals surface area contributed by atoms with E-state index in [0.717, 1.165) is 5.44 Å². The molecule has 1 aromatic heterocycles. The second kappa shape index (κ2) is 2.44. The second-order valence-electron chi connectivity index (χ2n) is 2.22. The first-order valence-electron chi connectivity index (χ1n) is 2.87. The number of nitrogens with zero attached hydrogens (tertiary/aromatic N) is 3. The summed E-state index contributed by atoms with van der Waals surface area (Å²) >= 11 is 0. The van der Waals surface area contributed by atoms with Crippen molar-refractivity contribution < 1.29 is 0 Å². The lowest BCUT2D eigenvalue weighted by Crippen LogP contribution is -2.00. The molecular weight excluding hydrogens is 133 g/mol. The molecule has 0 aliphatic heterocycles. The van der Waals surface area contributed by atoms with E-state index in [1.165, 1.54) is 0 Å². The Balaban J connectivity index is 2.85. The van der Waals surface area contributed by atoms with Crippen molar-refractivity contribution >= 4 is 14.7 Å². The molecule has 0 fully saturated rings. The molecule has 4 heteroatoms. The molecule has 0 aliphatic rings. The summed E-state index contributed by atoms with van der Waals surface area (Å²) in [6, 6.07) is 0.409. The minimum absolute atomic E-state index is 0.409. The number of hydrogen-bond acceptors (Lipinski definition) is 2. The minimum Gasteiger partial charge on any atom is -0.249 e. The van der Waals surface area contributed by atoms with E-state index in [-0.39, 0.29) is 0 Å². The third kappa shape index (κ3) is 1.49. The Kier molecular flexibility index (Phi) is 1.81. The van der Waals surface area contributed by atoms with Gasteiger partial charge >= 0.3 is 0 Å². The number of rotatable bonds is 1. The molecule has 1 atom stereocenters. The zero-order valence-electron chi connectivity index (χ0n) is 5.57. The summed E-state index contributed by atoms with van der Waals surface area (Å²) in [5.74, 6) is 0. The molecule has 0 N–H and O–H groups in total. The van der Waals surface area contributed by atoms with E-state index >= 15 is 0 Å². The van der Waals surface area contributed by atoms with Crippen LogP contribution in [0.5, 0.6) is 0 Å². The van der Waals surface area contributed by atoms with Gasteiger partial charge in [0.15, 0.2) is 0 Å². The van der Waals surface area contributed by atoms with Gasteiger partial charge in [-0.1, -0.05) is 14.5 Å². The van der Waals surface area contributed by atoms with Gasteiger partial charge in [-0.2, -0.15) is 0 Å². The quantitative estimate of drug-likeness (QED) is 0.531. The highest BCUT2D eigenvalue weighted by Crippen LogP contribution is 1.97. The van der Waals surface area contributed by atoms with Gasteiger partial charge in [0.1, 0.15) is 0 Å². The molecule has 0 aliphatic carbocycles. The van der Waals surface area contributed by atoms with Crippen LogP contribution < -0.4 is 5.44 Å². The Hall–Kier alpha value is -0.430. The van der Waals surface area contributed by atoms with Gasteiger partial charge in [-0.3, -0.25) is 0 Å². The van der Waals surface area contributed by atoms with Crippen LogP contribution in [0.1, 0.15) is 19.9 Å². The first-order valence-corrected chi connectivity index (χ1v) is 3.45. The average molecular weight is 143 g/mol. The first kappa shape index (κ1) is 6.69. The molecule has 1 heterocycles. The van der Waals surface area contributed by atoms with Crippen LogP contribution in [0.3, 0.4) is 0 Å². The highest BCUT2D eigenvalue weighted by atomic mass is 31.0. The Morgan fingerprint density at radius 2 is 2.33 bits per heavy atom. The highest BCUT2D eigenvalue weighted by molar-refractivity contribution is 7.26. The van der Waals surface area contributed by atoms with E-state index in [4.69, 9.17) is 0 Å². The van der Waals surface area contributed by atoms with E-state index in [1.54, 1.807) is 0 Å². The fourth-order valence-corrected chi connectivity index (χ4v) is 0.747. The smallest absolute Gasteiger partial charge is 0.0990 e. The Labute approximate surface area is 56.7 Å². The molecule has 9 heavy (non-hydrogen) atoms. The molecule has 1 aromatic rings. The van der Waals surface area contributed by atoms with Crippen molar-refractivity contribution in [2.45, 2.75) is 19.9 Å². The fourth-order valence-electron chi connectivity index (χ4n) is 0.543. The Morgan fingerprint density at radius 1 is 1.67 bits per heavy atom. The zero-order chi connectivity index (χ0) is 6.85. The van der Waals surface area contributed by atoms with Crippen LogP contribution in [0, 0.1) is 0 Å². The molecule has 0 amide bonds. The molecule has 0 saturated heterocycles. The van der Waals surface area contributed by atoms with Crippen molar-refractivity contribution in [3.63, 3.8) is 0 Å². The largest absolute Gasteiger partial charge is 0.249 e. The summed E-state index contributed by atoms with van der Waals surface area (Å²) in [5, 5.41) is 7.67. The molecule has 0 spiro atoms. The third-order valence-electron chi connectivity index (χ3n) is 1.06. The topological polar surface area (TPSA) is 30.7 Å². The summed E-state index contributed by atoms with van der Waals surface area (Å²) in [6.45, 7) is 4.14. The van der Waals surface area contributed by atoms with Crippen molar-refractivity contribution in [3.05, 3.63) is 6.20 Å². The predicted octanol–water partition coefficient (Wildman–Crippen LogP) is 0.359. The van der Waals surface area contributed by atoms with E-state index in [0.29, 0.717) is 6.04 Å². The molecule has 0 saturated carbocycles. The van der Waals surface area contributed by atoms with Crippen molar-refractivity contribution in [3.8, 4) is 0 Å². The van der Waals surface area contributed by atoms with Gasteiger partial charge < -0.3 is 0 Å². The zero-order valence-corrected chi connectivity index (χ0v) is 6.73. The van der Waals surface area contributed by atoms with E-state index in [9.17, 15) is 0 Å². The molecule has 1 unspecified atom stereocenters. The van der Waals surface area contributed by atoms with Gasteiger partial charge in [0, 0.05) is 6.04 Å². The van der Waals surface area contributed by atoms with Crippen molar-refractivity contribution in [1.29, 1.82) is 0 Å². The summed E-state index contributed by atoms with van der Waals surface area (Å²) in [5.41, 5.74) is 0.892. The lowest BCUT2D eigenvalue weighted by molar-refractivity contribution is 0.514. The van der Waals surface area contributed by atoms with Crippen LogP contribution in [0.15, 0.2) is 6.20 Å². The van der Waals surface area contributed by atoms with Gasteiger partial charge in [0.2, 0.25) is 0 Å². The van der Waals surface area contributed by atoms with Crippen LogP contribution in [0.25, 0.3) is 0 Å². The molecule has 0 aromatic carbocycles.